The van der Waals surface area contributed by atoms with Gasteiger partial charge < -0.3 is 0 Å². The maximum Gasteiger partial charge on any atom is 0.329 e. The molecule has 2 atom stereocenters. The van der Waals surface area contributed by atoms with Gasteiger partial charge in [-0.3, -0.25) is 9.13 Å². The van der Waals surface area contributed by atoms with Gasteiger partial charge >= 0.3 is 5.69 Å². The molecule has 0 radical (unpaired) electrons. The SMILES string of the molecule is CCCC(C[SH+](=O)O)n1c(=O)n(Cc2csc3cccc(C)c23)c2ccccc21. The zero-order valence-corrected chi connectivity index (χ0v) is 18.2. The van der Waals surface area contributed by atoms with Crippen molar-refractivity contribution in [2.45, 2.75) is 39.3 Å². The van der Waals surface area contributed by atoms with Gasteiger partial charge in [0, 0.05) is 10.1 Å². The van der Waals surface area contributed by atoms with Crippen molar-refractivity contribution in [3.8, 4) is 0 Å². The van der Waals surface area contributed by atoms with Crippen molar-refractivity contribution in [1.82, 2.24) is 9.13 Å². The molecule has 152 valence electrons. The zero-order valence-electron chi connectivity index (χ0n) is 16.5. The molecule has 0 aliphatic carbocycles. The summed E-state index contributed by atoms with van der Waals surface area (Å²) in [7, 11) is 0. The van der Waals surface area contributed by atoms with Crippen LogP contribution in [-0.4, -0.2) is 19.4 Å². The molecule has 1 N–H and O–H groups in total. The minimum atomic E-state index is -2.32. The Kier molecular flexibility index (Phi) is 5.72. The molecule has 2 heterocycles. The molecular weight excluding hydrogens is 404 g/mol. The van der Waals surface area contributed by atoms with Crippen molar-refractivity contribution in [3.05, 3.63) is 69.5 Å². The van der Waals surface area contributed by atoms with E-state index in [2.05, 4.69) is 30.5 Å². The van der Waals surface area contributed by atoms with Crippen LogP contribution in [0.4, 0.5) is 0 Å². The predicted molar refractivity (Wildman–Crippen MR) is 123 cm³/mol. The number of hydrogen-bond donors (Lipinski definition) is 1. The van der Waals surface area contributed by atoms with Crippen molar-refractivity contribution < 1.29 is 8.76 Å². The largest absolute Gasteiger partial charge is 0.329 e. The van der Waals surface area contributed by atoms with E-state index in [4.69, 9.17) is 0 Å². The summed E-state index contributed by atoms with van der Waals surface area (Å²) in [6.07, 6.45) is 1.53. The van der Waals surface area contributed by atoms with Crippen LogP contribution >= 0.6 is 11.3 Å². The van der Waals surface area contributed by atoms with Crippen LogP contribution in [-0.2, 0) is 21.8 Å². The Morgan fingerprint density at radius 1 is 1.14 bits per heavy atom. The van der Waals surface area contributed by atoms with Gasteiger partial charge in [-0.2, -0.15) is 4.55 Å². The highest BCUT2D eigenvalue weighted by molar-refractivity contribution is 7.79. The van der Waals surface area contributed by atoms with Crippen LogP contribution in [0.25, 0.3) is 21.1 Å². The minimum Gasteiger partial charge on any atom is -0.287 e. The molecule has 2 aromatic carbocycles. The van der Waals surface area contributed by atoms with E-state index >= 15 is 0 Å². The fourth-order valence-electron chi connectivity index (χ4n) is 4.18. The topological polar surface area (TPSA) is 64.2 Å². The molecule has 0 saturated carbocycles. The summed E-state index contributed by atoms with van der Waals surface area (Å²) in [6, 6.07) is 13.7. The average molecular weight is 430 g/mol. The second-order valence-electron chi connectivity index (χ2n) is 7.41. The van der Waals surface area contributed by atoms with Gasteiger partial charge in [-0.15, -0.1) is 11.3 Å². The second-order valence-corrected chi connectivity index (χ2v) is 9.39. The number of imidazole rings is 1. The van der Waals surface area contributed by atoms with Crippen molar-refractivity contribution in [1.29, 1.82) is 0 Å². The number of aromatic nitrogens is 2. The summed E-state index contributed by atoms with van der Waals surface area (Å²) in [5.41, 5.74) is 3.91. The Balaban J connectivity index is 1.88. The van der Waals surface area contributed by atoms with E-state index in [-0.39, 0.29) is 17.5 Å². The number of benzene rings is 2. The fraction of sp³-hybridized carbons (Fsp3) is 0.318. The third-order valence-corrected chi connectivity index (χ3v) is 7.17. The average Bonchev–Trinajstić information content (AvgIpc) is 3.22. The molecule has 5 nitrogen and oxygen atoms in total. The third kappa shape index (κ3) is 3.70. The highest BCUT2D eigenvalue weighted by atomic mass is 32.2. The summed E-state index contributed by atoms with van der Waals surface area (Å²) in [4.78, 5) is 13.5. The summed E-state index contributed by atoms with van der Waals surface area (Å²) >= 11 is -0.625. The number of para-hydroxylation sites is 2. The quantitative estimate of drug-likeness (QED) is 0.336. The van der Waals surface area contributed by atoms with Crippen LogP contribution in [0.5, 0.6) is 0 Å². The first-order chi connectivity index (χ1) is 14.0. The number of aryl methyl sites for hydroxylation is 1. The molecule has 0 saturated heterocycles. The van der Waals surface area contributed by atoms with Gasteiger partial charge in [0.1, 0.15) is 0 Å². The molecule has 0 spiro atoms. The standard InChI is InChI=1S/C22H24N2O3S2/c1-3-7-17(14-29(26)27)24-19-10-5-4-9-18(19)23(22(24)25)12-16-13-28-20-11-6-8-15(2)21(16)20/h4-6,8-11,13,17H,3,7,12,14H2,1-2H3,(H,26,27)/p+1. The van der Waals surface area contributed by atoms with Gasteiger partial charge in [0.15, 0.2) is 5.75 Å². The molecule has 7 heteroatoms. The fourth-order valence-corrected chi connectivity index (χ4v) is 5.92. The van der Waals surface area contributed by atoms with E-state index in [1.54, 1.807) is 20.5 Å². The number of thiophene rings is 1. The molecule has 0 fully saturated rings. The third-order valence-electron chi connectivity index (χ3n) is 5.44. The normalized spacial score (nSPS) is 13.9. The van der Waals surface area contributed by atoms with E-state index in [0.717, 1.165) is 23.0 Å². The minimum absolute atomic E-state index is 0.0948. The maximum absolute atomic E-state index is 13.5. The van der Waals surface area contributed by atoms with Crippen LogP contribution in [0.1, 0.15) is 36.9 Å². The number of fused-ring (bicyclic) bond motifs is 2. The molecule has 2 unspecified atom stereocenters. The molecule has 2 aromatic heterocycles. The number of rotatable bonds is 7. The maximum atomic E-state index is 13.5. The highest BCUT2D eigenvalue weighted by Crippen LogP contribution is 2.30. The van der Waals surface area contributed by atoms with Crippen LogP contribution in [0.2, 0.25) is 0 Å². The van der Waals surface area contributed by atoms with E-state index in [0.29, 0.717) is 13.0 Å². The summed E-state index contributed by atoms with van der Waals surface area (Å²) in [6.45, 7) is 4.61. The van der Waals surface area contributed by atoms with Gasteiger partial charge in [0.2, 0.25) is 11.1 Å². The molecule has 4 aromatic rings. The van der Waals surface area contributed by atoms with Gasteiger partial charge in [-0.1, -0.05) is 41.8 Å². The molecular formula is C22H25N2O3S2+. The van der Waals surface area contributed by atoms with E-state index in [9.17, 15) is 13.6 Å². The van der Waals surface area contributed by atoms with Crippen LogP contribution < -0.4 is 5.69 Å². The van der Waals surface area contributed by atoms with Crippen LogP contribution in [0.3, 0.4) is 0 Å². The van der Waals surface area contributed by atoms with Crippen molar-refractivity contribution in [3.63, 3.8) is 0 Å². The van der Waals surface area contributed by atoms with Crippen molar-refractivity contribution in [2.24, 2.45) is 0 Å². The van der Waals surface area contributed by atoms with Crippen molar-refractivity contribution in [2.75, 3.05) is 5.75 Å². The summed E-state index contributed by atoms with van der Waals surface area (Å²) < 4.78 is 25.9. The Labute approximate surface area is 175 Å². The zero-order chi connectivity index (χ0) is 20.5. The molecule has 0 amide bonds. The second kappa shape index (κ2) is 8.26. The number of thiol groups is 1. The van der Waals surface area contributed by atoms with Gasteiger partial charge in [0.05, 0.1) is 23.6 Å². The Bertz CT molecular complexity index is 1250. The van der Waals surface area contributed by atoms with Crippen LogP contribution in [0.15, 0.2) is 52.6 Å². The van der Waals surface area contributed by atoms with Gasteiger partial charge in [-0.05, 0) is 48.1 Å². The molecule has 0 bridgehead atoms. The Hall–Kier alpha value is -2.22. The highest BCUT2D eigenvalue weighted by Gasteiger charge is 2.24. The first kappa shape index (κ1) is 20.1. The van der Waals surface area contributed by atoms with Gasteiger partial charge in [0.25, 0.3) is 0 Å². The summed E-state index contributed by atoms with van der Waals surface area (Å²) in [5.74, 6) is 0.0948. The predicted octanol–water partition coefficient (Wildman–Crippen LogP) is 4.88. The number of nitrogens with zero attached hydrogens (tertiary/aromatic N) is 2. The first-order valence-corrected chi connectivity index (χ1v) is 12.1. The van der Waals surface area contributed by atoms with E-state index < -0.39 is 11.1 Å². The van der Waals surface area contributed by atoms with E-state index in [1.807, 2.05) is 31.2 Å². The lowest BCUT2D eigenvalue weighted by Crippen LogP contribution is -2.30. The van der Waals surface area contributed by atoms with Crippen LogP contribution in [0, 0.1) is 6.92 Å². The first-order valence-electron chi connectivity index (χ1n) is 9.80. The lowest BCUT2D eigenvalue weighted by Gasteiger charge is -2.13. The Morgan fingerprint density at radius 2 is 1.90 bits per heavy atom. The van der Waals surface area contributed by atoms with Crippen molar-refractivity contribution >= 4 is 43.5 Å². The van der Waals surface area contributed by atoms with Gasteiger partial charge in [-0.25, -0.2) is 4.79 Å². The molecule has 4 rings (SSSR count). The molecule has 0 aliphatic rings. The lowest BCUT2D eigenvalue weighted by atomic mass is 10.1. The Morgan fingerprint density at radius 3 is 2.62 bits per heavy atom. The smallest absolute Gasteiger partial charge is 0.287 e. The summed E-state index contributed by atoms with van der Waals surface area (Å²) in [5, 5.41) is 3.34. The lowest BCUT2D eigenvalue weighted by molar-refractivity contribution is 0.465. The molecule has 29 heavy (non-hydrogen) atoms. The molecule has 0 aliphatic heterocycles. The number of hydrogen-bond acceptors (Lipinski definition) is 3. The monoisotopic (exact) mass is 429 g/mol. The van der Waals surface area contributed by atoms with E-state index in [1.165, 1.54) is 15.6 Å².